The number of anilines is 2. The fourth-order valence-corrected chi connectivity index (χ4v) is 1.37. The largest absolute Gasteiger partial charge is 0.464 e. The molecule has 10 heteroatoms. The van der Waals surface area contributed by atoms with Gasteiger partial charge in [-0.2, -0.15) is 15.0 Å². The van der Waals surface area contributed by atoms with E-state index in [0.29, 0.717) is 19.8 Å². The van der Waals surface area contributed by atoms with E-state index in [9.17, 15) is 4.79 Å². The van der Waals surface area contributed by atoms with Crippen LogP contribution in [0.4, 0.5) is 11.9 Å². The average molecular weight is 299 g/mol. The number of aromatic nitrogens is 3. The van der Waals surface area contributed by atoms with Crippen LogP contribution in [0.25, 0.3) is 0 Å². The molecule has 1 atom stereocenters. The number of hydrogen-bond acceptors (Lipinski definition) is 9. The number of hydrogen-bond donors (Lipinski definition) is 4. The summed E-state index contributed by atoms with van der Waals surface area (Å²) in [5, 5.41) is 5.55. The van der Waals surface area contributed by atoms with E-state index in [1.807, 2.05) is 0 Å². The van der Waals surface area contributed by atoms with E-state index in [2.05, 4.69) is 31.0 Å². The van der Waals surface area contributed by atoms with Gasteiger partial charge in [0.05, 0.1) is 13.2 Å². The van der Waals surface area contributed by atoms with Gasteiger partial charge >= 0.3 is 6.01 Å². The molecule has 1 aromatic rings. The lowest BCUT2D eigenvalue weighted by atomic mass is 10.3. The topological polar surface area (TPSA) is 136 Å². The molecule has 21 heavy (non-hydrogen) atoms. The van der Waals surface area contributed by atoms with E-state index in [1.165, 1.54) is 0 Å². The molecule has 0 saturated heterocycles. The van der Waals surface area contributed by atoms with Gasteiger partial charge in [-0.1, -0.05) is 0 Å². The first-order valence-corrected chi connectivity index (χ1v) is 6.49. The predicted octanol–water partition coefficient (Wildman–Crippen LogP) is -0.881. The Balaban J connectivity index is 2.67. The molecule has 0 aliphatic heterocycles. The Morgan fingerprint density at radius 1 is 1.33 bits per heavy atom. The molecule has 0 aliphatic carbocycles. The molecule has 0 fully saturated rings. The van der Waals surface area contributed by atoms with Crippen molar-refractivity contribution in [3.05, 3.63) is 0 Å². The van der Waals surface area contributed by atoms with Crippen molar-refractivity contribution in [2.45, 2.75) is 19.9 Å². The number of carbonyl (C=O) groups is 1. The van der Waals surface area contributed by atoms with Crippen LogP contribution in [0, 0.1) is 0 Å². The summed E-state index contributed by atoms with van der Waals surface area (Å²) < 4.78 is 10.1. The second-order valence-corrected chi connectivity index (χ2v) is 3.99. The number of hydrazine groups is 1. The summed E-state index contributed by atoms with van der Waals surface area (Å²) in [6.07, 6.45) is 0. The molecule has 10 nitrogen and oxygen atoms in total. The molecule has 1 heterocycles. The number of nitrogens with zero attached hydrogens (tertiary/aromatic N) is 3. The summed E-state index contributed by atoms with van der Waals surface area (Å²) >= 11 is 0. The fraction of sp³-hybridized carbons (Fsp3) is 0.636. The zero-order chi connectivity index (χ0) is 15.7. The first-order chi connectivity index (χ1) is 10.1. The molecule has 0 radical (unpaired) electrons. The molecule has 1 rings (SSSR count). The Labute approximate surface area is 122 Å². The van der Waals surface area contributed by atoms with Crippen LogP contribution in [-0.2, 0) is 9.53 Å². The first-order valence-electron chi connectivity index (χ1n) is 6.49. The minimum atomic E-state index is -0.538. The van der Waals surface area contributed by atoms with Crippen LogP contribution < -0.4 is 26.6 Å². The Bertz CT molecular complexity index is 457. The number of nitrogen functional groups attached to an aromatic ring is 1. The lowest BCUT2D eigenvalue weighted by Crippen LogP contribution is -2.39. The van der Waals surface area contributed by atoms with E-state index >= 15 is 0 Å². The van der Waals surface area contributed by atoms with Gasteiger partial charge in [0.15, 0.2) is 0 Å². The van der Waals surface area contributed by atoms with Crippen LogP contribution >= 0.6 is 0 Å². The highest BCUT2D eigenvalue weighted by Gasteiger charge is 2.15. The number of nitrogens with two attached hydrogens (primary N) is 1. The number of rotatable bonds is 9. The monoisotopic (exact) mass is 299 g/mol. The van der Waals surface area contributed by atoms with Crippen LogP contribution in [0.1, 0.15) is 13.8 Å². The van der Waals surface area contributed by atoms with Gasteiger partial charge in [0.2, 0.25) is 17.8 Å². The third-order valence-electron chi connectivity index (χ3n) is 2.36. The van der Waals surface area contributed by atoms with Gasteiger partial charge in [-0.05, 0) is 13.8 Å². The summed E-state index contributed by atoms with van der Waals surface area (Å²) in [7, 11) is 1.56. The van der Waals surface area contributed by atoms with Crippen molar-refractivity contribution in [3.8, 4) is 6.01 Å². The van der Waals surface area contributed by atoms with Crippen LogP contribution in [0.2, 0.25) is 0 Å². The van der Waals surface area contributed by atoms with Crippen LogP contribution in [0.3, 0.4) is 0 Å². The van der Waals surface area contributed by atoms with Crippen molar-refractivity contribution in [1.29, 1.82) is 0 Å². The minimum Gasteiger partial charge on any atom is -0.464 e. The molecule has 5 N–H and O–H groups in total. The van der Waals surface area contributed by atoms with Crippen molar-refractivity contribution in [2.24, 2.45) is 5.84 Å². The second kappa shape index (κ2) is 8.87. The number of ether oxygens (including phenoxy) is 2. The van der Waals surface area contributed by atoms with Crippen LogP contribution in [-0.4, -0.2) is 53.8 Å². The van der Waals surface area contributed by atoms with Gasteiger partial charge < -0.3 is 20.1 Å². The summed E-state index contributed by atoms with van der Waals surface area (Å²) in [5.74, 6) is 5.41. The van der Waals surface area contributed by atoms with Crippen LogP contribution in [0.15, 0.2) is 0 Å². The third-order valence-corrected chi connectivity index (χ3v) is 2.36. The van der Waals surface area contributed by atoms with Crippen molar-refractivity contribution in [1.82, 2.24) is 20.3 Å². The molecule has 118 valence electrons. The molecule has 1 amide bonds. The zero-order valence-corrected chi connectivity index (χ0v) is 12.3. The standard InChI is InChI=1S/C11H21N7O3/c1-4-21-11-16-9(15-10(17-11)18-12)14-7(2)8(19)13-5-6-20-3/h7H,4-6,12H2,1-3H3,(H,13,19)(H2,14,15,16,17,18). The highest BCUT2D eigenvalue weighted by atomic mass is 16.5. The van der Waals surface area contributed by atoms with Crippen molar-refractivity contribution < 1.29 is 14.3 Å². The Morgan fingerprint density at radius 2 is 2.05 bits per heavy atom. The summed E-state index contributed by atoms with van der Waals surface area (Å²) in [4.78, 5) is 23.8. The van der Waals surface area contributed by atoms with Gasteiger partial charge in [-0.15, -0.1) is 0 Å². The summed E-state index contributed by atoms with van der Waals surface area (Å²) in [6, 6.07) is -0.417. The fourth-order valence-electron chi connectivity index (χ4n) is 1.37. The number of carbonyl (C=O) groups excluding carboxylic acids is 1. The normalized spacial score (nSPS) is 11.6. The molecule has 0 aliphatic rings. The third kappa shape index (κ3) is 5.75. The molecular weight excluding hydrogens is 278 g/mol. The predicted molar refractivity (Wildman–Crippen MR) is 76.8 cm³/mol. The smallest absolute Gasteiger partial charge is 0.323 e. The second-order valence-electron chi connectivity index (χ2n) is 3.99. The SMILES string of the molecule is CCOc1nc(NN)nc(NC(C)C(=O)NCCOC)n1. The van der Waals surface area contributed by atoms with Crippen molar-refractivity contribution in [3.63, 3.8) is 0 Å². The Kier molecular flexibility index (Phi) is 7.12. The maximum atomic E-state index is 11.8. The van der Waals surface area contributed by atoms with E-state index < -0.39 is 6.04 Å². The Hall–Kier alpha value is -2.20. The zero-order valence-electron chi connectivity index (χ0n) is 12.3. The maximum Gasteiger partial charge on any atom is 0.323 e. The van der Waals surface area contributed by atoms with Gasteiger partial charge in [0, 0.05) is 13.7 Å². The van der Waals surface area contributed by atoms with E-state index in [4.69, 9.17) is 15.3 Å². The highest BCUT2D eigenvalue weighted by Crippen LogP contribution is 2.11. The van der Waals surface area contributed by atoms with E-state index in [-0.39, 0.29) is 23.8 Å². The summed E-state index contributed by atoms with van der Waals surface area (Å²) in [5.41, 5.74) is 2.31. The molecule has 1 aromatic heterocycles. The minimum absolute atomic E-state index is 0.120. The van der Waals surface area contributed by atoms with Gasteiger partial charge in [0.1, 0.15) is 6.04 Å². The van der Waals surface area contributed by atoms with Crippen molar-refractivity contribution >= 4 is 17.8 Å². The molecule has 0 spiro atoms. The van der Waals surface area contributed by atoms with E-state index in [1.54, 1.807) is 21.0 Å². The quantitative estimate of drug-likeness (QED) is 0.260. The van der Waals surface area contributed by atoms with Crippen LogP contribution in [0.5, 0.6) is 6.01 Å². The number of nitrogens with one attached hydrogen (secondary N) is 3. The lowest BCUT2D eigenvalue weighted by molar-refractivity contribution is -0.121. The van der Waals surface area contributed by atoms with E-state index in [0.717, 1.165) is 0 Å². The first kappa shape index (κ1) is 16.9. The molecule has 0 bridgehead atoms. The maximum absolute atomic E-state index is 11.8. The van der Waals surface area contributed by atoms with Gasteiger partial charge in [0.25, 0.3) is 0 Å². The van der Waals surface area contributed by atoms with Crippen molar-refractivity contribution in [2.75, 3.05) is 37.6 Å². The average Bonchev–Trinajstić information content (AvgIpc) is 2.47. The molecule has 0 saturated carbocycles. The summed E-state index contributed by atoms with van der Waals surface area (Å²) in [6.45, 7) is 4.76. The van der Waals surface area contributed by atoms with Gasteiger partial charge in [-0.3, -0.25) is 10.2 Å². The Morgan fingerprint density at radius 3 is 2.67 bits per heavy atom. The highest BCUT2D eigenvalue weighted by molar-refractivity contribution is 5.83. The lowest BCUT2D eigenvalue weighted by Gasteiger charge is -2.14. The molecule has 0 aromatic carbocycles. The number of methoxy groups -OCH3 is 1. The molecule has 1 unspecified atom stereocenters. The number of amides is 1. The molecular formula is C11H21N7O3. The van der Waals surface area contributed by atoms with Gasteiger partial charge in [-0.25, -0.2) is 5.84 Å².